The van der Waals surface area contributed by atoms with E-state index in [2.05, 4.69) is 4.72 Å². The first-order valence-electron chi connectivity index (χ1n) is 6.15. The molecule has 1 saturated heterocycles. The molecule has 7 heteroatoms. The van der Waals surface area contributed by atoms with Crippen LogP contribution in [0, 0.1) is 5.82 Å². The maximum Gasteiger partial charge on any atom is 0.240 e. The van der Waals surface area contributed by atoms with Crippen LogP contribution in [0.5, 0.6) is 0 Å². The third-order valence-electron chi connectivity index (χ3n) is 2.99. The third-order valence-corrected chi connectivity index (χ3v) is 4.43. The van der Waals surface area contributed by atoms with Gasteiger partial charge in [-0.15, -0.1) is 0 Å². The van der Waals surface area contributed by atoms with E-state index < -0.39 is 15.8 Å². The van der Waals surface area contributed by atoms with Crippen molar-refractivity contribution in [1.82, 2.24) is 4.72 Å². The molecule has 0 bridgehead atoms. The van der Waals surface area contributed by atoms with Gasteiger partial charge in [-0.25, -0.2) is 17.5 Å². The van der Waals surface area contributed by atoms with Crippen LogP contribution in [-0.4, -0.2) is 27.7 Å². The summed E-state index contributed by atoms with van der Waals surface area (Å²) in [5, 5.41) is 0. The summed E-state index contributed by atoms with van der Waals surface area (Å²) >= 11 is 0. The molecule has 1 unspecified atom stereocenters. The Morgan fingerprint density at radius 2 is 2.21 bits per heavy atom. The zero-order chi connectivity index (χ0) is 13.9. The molecule has 0 saturated carbocycles. The molecule has 1 aliphatic heterocycles. The number of halogens is 1. The molecule has 1 heterocycles. The van der Waals surface area contributed by atoms with E-state index in [1.54, 1.807) is 0 Å². The molecule has 1 atom stereocenters. The lowest BCUT2D eigenvalue weighted by Crippen LogP contribution is -2.27. The molecule has 2 rings (SSSR count). The number of nitrogen functional groups attached to an aromatic ring is 1. The van der Waals surface area contributed by atoms with Crippen molar-refractivity contribution in [3.05, 3.63) is 24.0 Å². The molecular formula is C12H17FN2O3S. The van der Waals surface area contributed by atoms with Crippen molar-refractivity contribution in [1.29, 1.82) is 0 Å². The second-order valence-electron chi connectivity index (χ2n) is 4.54. The Hall–Kier alpha value is -1.18. The highest BCUT2D eigenvalue weighted by Gasteiger charge is 2.18. The molecule has 5 nitrogen and oxygen atoms in total. The SMILES string of the molecule is Nc1cc(F)cc(S(=O)(=O)NCCC2CCCO2)c1. The number of hydrogen-bond donors (Lipinski definition) is 2. The monoisotopic (exact) mass is 288 g/mol. The van der Waals surface area contributed by atoms with Crippen LogP contribution in [0.15, 0.2) is 23.1 Å². The normalized spacial score (nSPS) is 19.7. The highest BCUT2D eigenvalue weighted by atomic mass is 32.2. The number of hydrogen-bond acceptors (Lipinski definition) is 4. The second-order valence-corrected chi connectivity index (χ2v) is 6.31. The Morgan fingerprint density at radius 3 is 2.84 bits per heavy atom. The van der Waals surface area contributed by atoms with Crippen LogP contribution in [-0.2, 0) is 14.8 Å². The standard InChI is InChI=1S/C12H17FN2O3S/c13-9-6-10(14)8-12(7-9)19(16,17)15-4-3-11-2-1-5-18-11/h6-8,11,15H,1-5,14H2. The Kier molecular flexibility index (Phi) is 4.38. The molecule has 1 aromatic carbocycles. The highest BCUT2D eigenvalue weighted by Crippen LogP contribution is 2.17. The summed E-state index contributed by atoms with van der Waals surface area (Å²) in [7, 11) is -3.72. The van der Waals surface area contributed by atoms with Gasteiger partial charge in [-0.2, -0.15) is 0 Å². The van der Waals surface area contributed by atoms with Crippen LogP contribution in [0.1, 0.15) is 19.3 Å². The Labute approximate surface area is 112 Å². The summed E-state index contributed by atoms with van der Waals surface area (Å²) in [4.78, 5) is -0.155. The van der Waals surface area contributed by atoms with E-state index in [1.807, 2.05) is 0 Å². The third kappa shape index (κ3) is 3.89. The van der Waals surface area contributed by atoms with E-state index in [9.17, 15) is 12.8 Å². The van der Waals surface area contributed by atoms with Gasteiger partial charge >= 0.3 is 0 Å². The van der Waals surface area contributed by atoms with Gasteiger partial charge in [-0.1, -0.05) is 0 Å². The number of benzene rings is 1. The largest absolute Gasteiger partial charge is 0.399 e. The molecule has 1 aliphatic rings. The van der Waals surface area contributed by atoms with Crippen LogP contribution in [0.25, 0.3) is 0 Å². The van der Waals surface area contributed by atoms with E-state index >= 15 is 0 Å². The molecular weight excluding hydrogens is 271 g/mol. The number of ether oxygens (including phenoxy) is 1. The minimum absolute atomic E-state index is 0.0829. The fraction of sp³-hybridized carbons (Fsp3) is 0.500. The molecule has 0 amide bonds. The highest BCUT2D eigenvalue weighted by molar-refractivity contribution is 7.89. The molecule has 3 N–H and O–H groups in total. The molecule has 0 radical (unpaired) electrons. The van der Waals surface area contributed by atoms with Crippen LogP contribution in [0.3, 0.4) is 0 Å². The Bertz CT molecular complexity index is 522. The summed E-state index contributed by atoms with van der Waals surface area (Å²) in [6.45, 7) is 1.00. The van der Waals surface area contributed by atoms with E-state index in [0.717, 1.165) is 31.6 Å². The van der Waals surface area contributed by atoms with Gasteiger partial charge in [0.2, 0.25) is 10.0 Å². The van der Waals surface area contributed by atoms with Gasteiger partial charge in [0.15, 0.2) is 0 Å². The number of anilines is 1. The van der Waals surface area contributed by atoms with E-state index in [0.29, 0.717) is 6.42 Å². The maximum absolute atomic E-state index is 13.1. The summed E-state index contributed by atoms with van der Waals surface area (Å²) in [6.07, 6.45) is 2.69. The number of rotatable bonds is 5. The minimum Gasteiger partial charge on any atom is -0.399 e. The first-order valence-corrected chi connectivity index (χ1v) is 7.63. The molecule has 1 aromatic rings. The molecule has 106 valence electrons. The van der Waals surface area contributed by atoms with Crippen molar-refractivity contribution in [2.45, 2.75) is 30.3 Å². The predicted molar refractivity (Wildman–Crippen MR) is 69.6 cm³/mol. The maximum atomic E-state index is 13.1. The van der Waals surface area contributed by atoms with Crippen LogP contribution >= 0.6 is 0 Å². The van der Waals surface area contributed by atoms with E-state index in [4.69, 9.17) is 10.5 Å². The first-order chi connectivity index (χ1) is 8.97. The van der Waals surface area contributed by atoms with Gasteiger partial charge in [0.1, 0.15) is 5.82 Å². The van der Waals surface area contributed by atoms with Crippen LogP contribution in [0.2, 0.25) is 0 Å². The average molecular weight is 288 g/mol. The quantitative estimate of drug-likeness (QED) is 0.799. The van der Waals surface area contributed by atoms with E-state index in [1.165, 1.54) is 6.07 Å². The van der Waals surface area contributed by atoms with Crippen LogP contribution < -0.4 is 10.5 Å². The van der Waals surface area contributed by atoms with Gasteiger partial charge in [-0.3, -0.25) is 0 Å². The van der Waals surface area contributed by atoms with Crippen molar-refractivity contribution in [2.75, 3.05) is 18.9 Å². The Balaban J connectivity index is 1.97. The summed E-state index contributed by atoms with van der Waals surface area (Å²) < 4.78 is 44.8. The predicted octanol–water partition coefficient (Wildman–Crippen LogP) is 1.26. The fourth-order valence-corrected chi connectivity index (χ4v) is 3.16. The van der Waals surface area contributed by atoms with Crippen molar-refractivity contribution in [2.24, 2.45) is 0 Å². The molecule has 0 spiro atoms. The van der Waals surface area contributed by atoms with Crippen molar-refractivity contribution >= 4 is 15.7 Å². The van der Waals surface area contributed by atoms with Crippen molar-refractivity contribution in [3.8, 4) is 0 Å². The molecule has 1 fully saturated rings. The number of sulfonamides is 1. The Morgan fingerprint density at radius 1 is 1.42 bits per heavy atom. The molecule has 0 aliphatic carbocycles. The molecule has 19 heavy (non-hydrogen) atoms. The number of nitrogens with two attached hydrogens (primary N) is 1. The minimum atomic E-state index is -3.72. The van der Waals surface area contributed by atoms with Gasteiger partial charge in [0, 0.05) is 18.8 Å². The topological polar surface area (TPSA) is 81.4 Å². The van der Waals surface area contributed by atoms with Gasteiger partial charge in [0.25, 0.3) is 0 Å². The summed E-state index contributed by atoms with van der Waals surface area (Å²) in [6, 6.07) is 3.26. The van der Waals surface area contributed by atoms with Crippen molar-refractivity contribution < 1.29 is 17.5 Å². The van der Waals surface area contributed by atoms with Gasteiger partial charge in [0.05, 0.1) is 11.0 Å². The summed E-state index contributed by atoms with van der Waals surface area (Å²) in [5.41, 5.74) is 5.51. The second kappa shape index (κ2) is 5.85. The lowest BCUT2D eigenvalue weighted by molar-refractivity contribution is 0.105. The lowest BCUT2D eigenvalue weighted by atomic mass is 10.2. The zero-order valence-corrected chi connectivity index (χ0v) is 11.2. The first kappa shape index (κ1) is 14.2. The lowest BCUT2D eigenvalue weighted by Gasteiger charge is -2.11. The van der Waals surface area contributed by atoms with Gasteiger partial charge < -0.3 is 10.5 Å². The fourth-order valence-electron chi connectivity index (χ4n) is 2.05. The average Bonchev–Trinajstić information content (AvgIpc) is 2.80. The number of nitrogens with one attached hydrogen (secondary N) is 1. The van der Waals surface area contributed by atoms with Gasteiger partial charge in [-0.05, 0) is 37.5 Å². The molecule has 0 aromatic heterocycles. The van der Waals surface area contributed by atoms with E-state index in [-0.39, 0.29) is 23.2 Å². The van der Waals surface area contributed by atoms with Crippen molar-refractivity contribution in [3.63, 3.8) is 0 Å². The smallest absolute Gasteiger partial charge is 0.240 e. The zero-order valence-electron chi connectivity index (χ0n) is 10.4. The summed E-state index contributed by atoms with van der Waals surface area (Å²) in [5.74, 6) is -0.667. The van der Waals surface area contributed by atoms with Crippen LogP contribution in [0.4, 0.5) is 10.1 Å².